The first-order chi connectivity index (χ1) is 6.77. The number of aliphatic carboxylic acids is 1. The van der Waals surface area contributed by atoms with Crippen LogP contribution in [0.2, 0.25) is 0 Å². The van der Waals surface area contributed by atoms with Gasteiger partial charge in [0.2, 0.25) is 0 Å². The molecule has 2 rings (SSSR count). The van der Waals surface area contributed by atoms with Gasteiger partial charge in [0, 0.05) is 6.20 Å². The van der Waals surface area contributed by atoms with Gasteiger partial charge >= 0.3 is 5.97 Å². The lowest BCUT2D eigenvalue weighted by molar-refractivity contribution is -0.137. The number of carboxylic acid groups (broad SMARTS) is 1. The summed E-state index contributed by atoms with van der Waals surface area (Å²) in [4.78, 5) is 12.2. The van der Waals surface area contributed by atoms with Crippen molar-refractivity contribution >= 4 is 5.97 Å². The van der Waals surface area contributed by atoms with Gasteiger partial charge in [0.05, 0.1) is 12.0 Å². The van der Waals surface area contributed by atoms with Gasteiger partial charge in [-0.05, 0) is 24.3 Å². The van der Waals surface area contributed by atoms with Crippen molar-refractivity contribution in [3.8, 4) is 0 Å². The summed E-state index contributed by atoms with van der Waals surface area (Å²) >= 11 is 0. The highest BCUT2D eigenvalue weighted by Crippen LogP contribution is 2.24. The molecule has 0 saturated heterocycles. The molecule has 72 valence electrons. The van der Waals surface area contributed by atoms with Crippen molar-refractivity contribution in [1.29, 1.82) is 0 Å². The summed E-state index contributed by atoms with van der Waals surface area (Å²) in [5.74, 6) is -0.192. The molecule has 2 heterocycles. The monoisotopic (exact) mass is 191 g/mol. The third-order valence-electron chi connectivity index (χ3n) is 1.91. The molecule has 14 heavy (non-hydrogen) atoms. The van der Waals surface area contributed by atoms with Crippen LogP contribution in [0, 0.1) is 0 Å². The summed E-state index contributed by atoms with van der Waals surface area (Å²) in [6.45, 7) is -0.0587. The summed E-state index contributed by atoms with van der Waals surface area (Å²) in [7, 11) is 0. The molecule has 4 nitrogen and oxygen atoms in total. The minimum atomic E-state index is -0.869. The van der Waals surface area contributed by atoms with Crippen LogP contribution in [0.4, 0.5) is 0 Å². The molecule has 0 atom stereocenters. The highest BCUT2D eigenvalue weighted by atomic mass is 16.5. The Morgan fingerprint density at radius 2 is 2.29 bits per heavy atom. The second-order valence-corrected chi connectivity index (χ2v) is 2.89. The Kier molecular flexibility index (Phi) is 2.10. The molecule has 2 aliphatic rings. The summed E-state index contributed by atoms with van der Waals surface area (Å²) in [5.41, 5.74) is 0.775. The number of fused-ring (bicyclic) bond motifs is 1. The average molecular weight is 191 g/mol. The van der Waals surface area contributed by atoms with E-state index in [4.69, 9.17) is 9.84 Å². The highest BCUT2D eigenvalue weighted by molar-refractivity contribution is 5.70. The predicted octanol–water partition coefficient (Wildman–Crippen LogP) is 1.21. The molecule has 1 N–H and O–H groups in total. The van der Waals surface area contributed by atoms with E-state index in [1.165, 1.54) is 0 Å². The smallest absolute Gasteiger partial charge is 0.323 e. The van der Waals surface area contributed by atoms with Crippen molar-refractivity contribution in [3.05, 3.63) is 48.2 Å². The van der Waals surface area contributed by atoms with Crippen molar-refractivity contribution < 1.29 is 14.6 Å². The van der Waals surface area contributed by atoms with Gasteiger partial charge in [0.1, 0.15) is 12.3 Å². The zero-order valence-electron chi connectivity index (χ0n) is 7.38. The summed E-state index contributed by atoms with van der Waals surface area (Å²) < 4.78 is 5.22. The quantitative estimate of drug-likeness (QED) is 0.712. The van der Waals surface area contributed by atoms with Gasteiger partial charge < -0.3 is 14.7 Å². The van der Waals surface area contributed by atoms with Gasteiger partial charge in [-0.15, -0.1) is 0 Å². The molecule has 0 saturated carbocycles. The number of hydrogen-bond acceptors (Lipinski definition) is 3. The van der Waals surface area contributed by atoms with Crippen LogP contribution in [-0.2, 0) is 9.53 Å². The Bertz CT molecular complexity index is 377. The highest BCUT2D eigenvalue weighted by Gasteiger charge is 2.18. The maximum absolute atomic E-state index is 10.6. The van der Waals surface area contributed by atoms with Crippen LogP contribution in [0.15, 0.2) is 48.2 Å². The molecular formula is C10H9NO3. The molecule has 0 aliphatic carbocycles. The summed E-state index contributed by atoms with van der Waals surface area (Å²) in [6.07, 6.45) is 10.4. The van der Waals surface area contributed by atoms with E-state index in [9.17, 15) is 4.79 Å². The third kappa shape index (κ3) is 1.54. The molecule has 0 unspecified atom stereocenters. The second-order valence-electron chi connectivity index (χ2n) is 2.89. The lowest BCUT2D eigenvalue weighted by Crippen LogP contribution is -2.27. The molecule has 2 aliphatic heterocycles. The third-order valence-corrected chi connectivity index (χ3v) is 1.91. The van der Waals surface area contributed by atoms with Crippen molar-refractivity contribution in [2.75, 3.05) is 6.54 Å². The van der Waals surface area contributed by atoms with Crippen LogP contribution in [0.3, 0.4) is 0 Å². The Morgan fingerprint density at radius 3 is 3.07 bits per heavy atom. The Hall–Kier alpha value is -1.97. The fourth-order valence-electron chi connectivity index (χ4n) is 1.35. The number of allylic oxidation sites excluding steroid dienone is 4. The first-order valence-electron chi connectivity index (χ1n) is 4.18. The van der Waals surface area contributed by atoms with Crippen LogP contribution in [0.25, 0.3) is 0 Å². The van der Waals surface area contributed by atoms with E-state index in [-0.39, 0.29) is 6.54 Å². The number of hydrogen-bond donors (Lipinski definition) is 1. The first kappa shape index (κ1) is 8.62. The van der Waals surface area contributed by atoms with E-state index in [0.717, 1.165) is 5.70 Å². The second kappa shape index (κ2) is 3.41. The molecule has 4 heteroatoms. The minimum absolute atomic E-state index is 0.0587. The van der Waals surface area contributed by atoms with Gasteiger partial charge in [-0.1, -0.05) is 0 Å². The van der Waals surface area contributed by atoms with Crippen LogP contribution >= 0.6 is 0 Å². The van der Waals surface area contributed by atoms with Gasteiger partial charge in [0.15, 0.2) is 0 Å². The molecule has 0 amide bonds. The molecule has 0 aromatic heterocycles. The van der Waals surface area contributed by atoms with E-state index in [1.54, 1.807) is 35.6 Å². The zero-order chi connectivity index (χ0) is 9.97. The van der Waals surface area contributed by atoms with Gasteiger partial charge in [0.25, 0.3) is 0 Å². The van der Waals surface area contributed by atoms with E-state index >= 15 is 0 Å². The lowest BCUT2D eigenvalue weighted by Gasteiger charge is -2.26. The molecule has 0 aromatic rings. The van der Waals surface area contributed by atoms with Crippen LogP contribution in [-0.4, -0.2) is 22.5 Å². The molecule has 0 spiro atoms. The van der Waals surface area contributed by atoms with Gasteiger partial charge in [-0.3, -0.25) is 4.79 Å². The first-order valence-corrected chi connectivity index (χ1v) is 4.18. The van der Waals surface area contributed by atoms with Crippen LogP contribution < -0.4 is 0 Å². The molecular weight excluding hydrogens is 182 g/mol. The van der Waals surface area contributed by atoms with Crippen molar-refractivity contribution in [2.24, 2.45) is 0 Å². The SMILES string of the molecule is O=C(O)CN1C=CC=C2OC=CC=C21. The Labute approximate surface area is 81.1 Å². The van der Waals surface area contributed by atoms with Crippen molar-refractivity contribution in [2.45, 2.75) is 0 Å². The molecule has 0 radical (unpaired) electrons. The Morgan fingerprint density at radius 1 is 1.43 bits per heavy atom. The molecule has 0 bridgehead atoms. The normalized spacial score (nSPS) is 18.1. The maximum atomic E-state index is 10.6. The molecule has 0 aromatic carbocycles. The van der Waals surface area contributed by atoms with E-state index in [1.807, 2.05) is 6.08 Å². The number of ether oxygens (including phenoxy) is 1. The lowest BCUT2D eigenvalue weighted by atomic mass is 10.2. The summed E-state index contributed by atoms with van der Waals surface area (Å²) in [6, 6.07) is 0. The van der Waals surface area contributed by atoms with Crippen molar-refractivity contribution in [3.63, 3.8) is 0 Å². The van der Waals surface area contributed by atoms with Gasteiger partial charge in [-0.2, -0.15) is 0 Å². The number of nitrogens with zero attached hydrogens (tertiary/aromatic N) is 1. The predicted molar refractivity (Wildman–Crippen MR) is 49.9 cm³/mol. The largest absolute Gasteiger partial charge is 0.480 e. The topological polar surface area (TPSA) is 49.8 Å². The maximum Gasteiger partial charge on any atom is 0.323 e. The number of rotatable bonds is 2. The molecule has 0 fully saturated rings. The standard InChI is InChI=1S/C10H9NO3/c12-10(13)7-11-5-1-4-9-8(11)3-2-6-14-9/h1-6H,7H2,(H,12,13). The average Bonchev–Trinajstić information content (AvgIpc) is 2.18. The van der Waals surface area contributed by atoms with Crippen LogP contribution in [0.5, 0.6) is 0 Å². The van der Waals surface area contributed by atoms with E-state index in [2.05, 4.69) is 0 Å². The minimum Gasteiger partial charge on any atom is -0.480 e. The number of carbonyl (C=O) groups is 1. The Balaban J connectivity index is 2.24. The van der Waals surface area contributed by atoms with E-state index < -0.39 is 5.97 Å². The fraction of sp³-hybridized carbons (Fsp3) is 0.100. The van der Waals surface area contributed by atoms with Gasteiger partial charge in [-0.25, -0.2) is 0 Å². The van der Waals surface area contributed by atoms with E-state index in [0.29, 0.717) is 5.76 Å². The zero-order valence-corrected chi connectivity index (χ0v) is 7.38. The fourth-order valence-corrected chi connectivity index (χ4v) is 1.35. The van der Waals surface area contributed by atoms with Crippen molar-refractivity contribution in [1.82, 2.24) is 4.90 Å². The number of carboxylic acids is 1. The van der Waals surface area contributed by atoms with Crippen LogP contribution in [0.1, 0.15) is 0 Å². The summed E-state index contributed by atoms with van der Waals surface area (Å²) in [5, 5.41) is 8.67.